The van der Waals surface area contributed by atoms with Gasteiger partial charge in [-0.25, -0.2) is 0 Å². The molecular weight excluding hydrogens is 619 g/mol. The quantitative estimate of drug-likeness (QED) is 0.223. The van der Waals surface area contributed by atoms with E-state index < -0.39 is 24.2 Å². The third-order valence-electron chi connectivity index (χ3n) is 7.44. The predicted molar refractivity (Wildman–Crippen MR) is 153 cm³/mol. The van der Waals surface area contributed by atoms with Crippen LogP contribution in [0.1, 0.15) is 50.5 Å². The second-order valence-electron chi connectivity index (χ2n) is 10.1. The van der Waals surface area contributed by atoms with Crippen LogP contribution in [-0.2, 0) is 20.9 Å². The molecule has 0 aliphatic heterocycles. The SMILES string of the molecule is COCCN(C(=O)CCC1CCCC1)C1CC(C(=O)NCCO)=CC(Oc2c(I)cc(CO)cc2OC)C1O. The van der Waals surface area contributed by atoms with E-state index in [-0.39, 0.29) is 45.2 Å². The minimum Gasteiger partial charge on any atom is -0.493 e. The highest BCUT2D eigenvalue weighted by Crippen LogP contribution is 2.37. The zero-order chi connectivity index (χ0) is 28.4. The molecule has 0 radical (unpaired) electrons. The summed E-state index contributed by atoms with van der Waals surface area (Å²) in [4.78, 5) is 28.1. The first-order valence-electron chi connectivity index (χ1n) is 13.5. The van der Waals surface area contributed by atoms with E-state index >= 15 is 0 Å². The number of nitrogens with zero attached hydrogens (tertiary/aromatic N) is 1. The fourth-order valence-electron chi connectivity index (χ4n) is 5.33. The fourth-order valence-corrected chi connectivity index (χ4v) is 6.12. The summed E-state index contributed by atoms with van der Waals surface area (Å²) < 4.78 is 17.7. The Hall–Kier alpha value is -1.93. The number of hydrogen-bond acceptors (Lipinski definition) is 8. The zero-order valence-corrected chi connectivity index (χ0v) is 24.9. The predicted octanol–water partition coefficient (Wildman–Crippen LogP) is 2.15. The average molecular weight is 661 g/mol. The third-order valence-corrected chi connectivity index (χ3v) is 8.24. The molecule has 2 aliphatic carbocycles. The van der Waals surface area contributed by atoms with Crippen LogP contribution in [0.2, 0.25) is 0 Å². The number of carbonyl (C=O) groups excluding carboxylic acids is 2. The molecule has 3 rings (SSSR count). The molecule has 3 atom stereocenters. The van der Waals surface area contributed by atoms with Crippen LogP contribution in [0.15, 0.2) is 23.8 Å². The van der Waals surface area contributed by atoms with Gasteiger partial charge in [0.05, 0.1) is 36.5 Å². The highest BCUT2D eigenvalue weighted by Gasteiger charge is 2.41. The summed E-state index contributed by atoms with van der Waals surface area (Å²) >= 11 is 2.07. The van der Waals surface area contributed by atoms with E-state index in [9.17, 15) is 24.9 Å². The van der Waals surface area contributed by atoms with Gasteiger partial charge in [-0.05, 0) is 58.7 Å². The number of aliphatic hydroxyl groups excluding tert-OH is 3. The normalized spacial score (nSPS) is 21.4. The van der Waals surface area contributed by atoms with Crippen LogP contribution in [-0.4, -0.2) is 90.8 Å². The maximum absolute atomic E-state index is 13.5. The van der Waals surface area contributed by atoms with Crippen molar-refractivity contribution in [3.63, 3.8) is 0 Å². The number of methoxy groups -OCH3 is 2. The minimum atomic E-state index is -1.13. The van der Waals surface area contributed by atoms with Gasteiger partial charge in [-0.1, -0.05) is 25.7 Å². The zero-order valence-electron chi connectivity index (χ0n) is 22.7. The van der Waals surface area contributed by atoms with E-state index in [1.54, 1.807) is 30.2 Å². The Labute approximate surface area is 243 Å². The topological polar surface area (TPSA) is 138 Å². The second-order valence-corrected chi connectivity index (χ2v) is 11.2. The average Bonchev–Trinajstić information content (AvgIpc) is 3.46. The summed E-state index contributed by atoms with van der Waals surface area (Å²) in [6, 6.07) is 2.68. The van der Waals surface area contributed by atoms with Crippen molar-refractivity contribution in [1.29, 1.82) is 0 Å². The molecule has 39 heavy (non-hydrogen) atoms. The smallest absolute Gasteiger partial charge is 0.247 e. The molecule has 0 aromatic heterocycles. The van der Waals surface area contributed by atoms with Gasteiger partial charge < -0.3 is 39.7 Å². The van der Waals surface area contributed by atoms with Crippen LogP contribution in [0.5, 0.6) is 11.5 Å². The van der Waals surface area contributed by atoms with Crippen molar-refractivity contribution < 1.29 is 39.1 Å². The Morgan fingerprint density at radius 3 is 2.56 bits per heavy atom. The van der Waals surface area contributed by atoms with E-state index in [0.717, 1.165) is 19.3 Å². The number of rotatable bonds is 14. The number of aliphatic hydroxyl groups is 3. The van der Waals surface area contributed by atoms with Crippen LogP contribution in [0.4, 0.5) is 0 Å². The molecule has 1 fully saturated rings. The first-order valence-corrected chi connectivity index (χ1v) is 14.6. The van der Waals surface area contributed by atoms with Crippen LogP contribution in [0, 0.1) is 9.49 Å². The Kier molecular flexibility index (Phi) is 12.8. The lowest BCUT2D eigenvalue weighted by atomic mass is 9.87. The van der Waals surface area contributed by atoms with Crippen molar-refractivity contribution in [3.05, 3.63) is 32.9 Å². The summed E-state index contributed by atoms with van der Waals surface area (Å²) in [7, 11) is 3.04. The van der Waals surface area contributed by atoms with Crippen molar-refractivity contribution in [2.45, 2.75) is 69.8 Å². The van der Waals surface area contributed by atoms with Crippen LogP contribution in [0.25, 0.3) is 0 Å². The summed E-state index contributed by atoms with van der Waals surface area (Å²) in [6.45, 7) is 0.252. The number of nitrogens with one attached hydrogen (secondary N) is 1. The first-order chi connectivity index (χ1) is 18.8. The summed E-state index contributed by atoms with van der Waals surface area (Å²) in [6.07, 6.45) is 5.46. The van der Waals surface area contributed by atoms with Crippen LogP contribution in [0.3, 0.4) is 0 Å². The molecular formula is C28H41IN2O8. The van der Waals surface area contributed by atoms with E-state index in [2.05, 4.69) is 27.9 Å². The van der Waals surface area contributed by atoms with E-state index in [1.165, 1.54) is 20.0 Å². The molecule has 11 heteroatoms. The monoisotopic (exact) mass is 660 g/mol. The summed E-state index contributed by atoms with van der Waals surface area (Å²) in [5, 5.41) is 33.0. The molecule has 2 amide bonds. The lowest BCUT2D eigenvalue weighted by Gasteiger charge is -2.40. The van der Waals surface area contributed by atoms with Crippen LogP contribution >= 0.6 is 22.6 Å². The molecule has 4 N–H and O–H groups in total. The lowest BCUT2D eigenvalue weighted by molar-refractivity contribution is -0.139. The Bertz CT molecular complexity index is 998. The molecule has 1 saturated carbocycles. The van der Waals surface area contributed by atoms with Crippen LogP contribution < -0.4 is 14.8 Å². The first kappa shape index (κ1) is 31.6. The van der Waals surface area contributed by atoms with Gasteiger partial charge in [0, 0.05) is 38.6 Å². The molecule has 0 saturated heterocycles. The van der Waals surface area contributed by atoms with Gasteiger partial charge >= 0.3 is 0 Å². The number of carbonyl (C=O) groups is 2. The number of amides is 2. The molecule has 2 aliphatic rings. The van der Waals surface area contributed by atoms with Crippen molar-refractivity contribution >= 4 is 34.4 Å². The maximum atomic E-state index is 13.5. The van der Waals surface area contributed by atoms with Crippen molar-refractivity contribution in [3.8, 4) is 11.5 Å². The highest BCUT2D eigenvalue weighted by molar-refractivity contribution is 14.1. The van der Waals surface area contributed by atoms with Gasteiger partial charge in [-0.2, -0.15) is 0 Å². The molecule has 3 unspecified atom stereocenters. The van der Waals surface area contributed by atoms with E-state index in [0.29, 0.717) is 38.5 Å². The largest absolute Gasteiger partial charge is 0.493 e. The molecule has 218 valence electrons. The van der Waals surface area contributed by atoms with Gasteiger partial charge in [-0.3, -0.25) is 9.59 Å². The van der Waals surface area contributed by atoms with Gasteiger partial charge in [-0.15, -0.1) is 0 Å². The molecule has 10 nitrogen and oxygen atoms in total. The second kappa shape index (κ2) is 15.8. The minimum absolute atomic E-state index is 0.0803. The molecule has 0 heterocycles. The van der Waals surface area contributed by atoms with Gasteiger partial charge in [0.25, 0.3) is 0 Å². The van der Waals surface area contributed by atoms with E-state index in [1.807, 2.05) is 0 Å². The third kappa shape index (κ3) is 8.53. The molecule has 1 aromatic carbocycles. The highest BCUT2D eigenvalue weighted by atomic mass is 127. The number of halogens is 1. The van der Waals surface area contributed by atoms with Gasteiger partial charge in [0.2, 0.25) is 11.8 Å². The van der Waals surface area contributed by atoms with Crippen molar-refractivity contribution in [1.82, 2.24) is 10.2 Å². The van der Waals surface area contributed by atoms with E-state index in [4.69, 9.17) is 14.2 Å². The maximum Gasteiger partial charge on any atom is 0.247 e. The Morgan fingerprint density at radius 1 is 1.18 bits per heavy atom. The van der Waals surface area contributed by atoms with Gasteiger partial charge in [0.1, 0.15) is 12.2 Å². The summed E-state index contributed by atoms with van der Waals surface area (Å²) in [5.41, 5.74) is 1.000. The number of ether oxygens (including phenoxy) is 3. The van der Waals surface area contributed by atoms with Crippen molar-refractivity contribution in [2.75, 3.05) is 40.5 Å². The molecule has 0 bridgehead atoms. The fraction of sp³-hybridized carbons (Fsp3) is 0.643. The Balaban J connectivity index is 1.91. The standard InChI is InChI=1S/C28H41IN2O8/c1-37-12-10-31(25(34)8-7-18-5-3-4-6-18)22-15-20(28(36)30-9-11-32)16-23(26(22)35)39-27-21(29)13-19(17-33)14-24(27)38-2/h13-14,16,18,22-23,26,32-33,35H,3-12,15,17H2,1-2H3,(H,30,36). The number of benzene rings is 1. The molecule has 0 spiro atoms. The Morgan fingerprint density at radius 2 is 1.92 bits per heavy atom. The van der Waals surface area contributed by atoms with Crippen molar-refractivity contribution in [2.24, 2.45) is 5.92 Å². The summed E-state index contributed by atoms with van der Waals surface area (Å²) in [5.74, 6) is 0.808. The molecule has 1 aromatic rings. The van der Waals surface area contributed by atoms with Gasteiger partial charge in [0.15, 0.2) is 11.5 Å². The lowest BCUT2D eigenvalue weighted by Crippen LogP contribution is -2.55. The number of hydrogen-bond donors (Lipinski definition) is 4.